The predicted molar refractivity (Wildman–Crippen MR) is 72.7 cm³/mol. The molecular formula is C14H11FN4O2. The molecule has 0 atom stereocenters. The molecule has 0 radical (unpaired) electrons. The standard InChI is InChI=1S/C14H11FN4O2/c1-9-6-12(18-21-9)14(20)17-10-7-16-19(8-10)13-5-3-2-4-11(13)15/h2-8H,1H3,(H,17,20). The van der Waals surface area contributed by atoms with Crippen LogP contribution in [-0.4, -0.2) is 20.8 Å². The highest BCUT2D eigenvalue weighted by atomic mass is 19.1. The first kappa shape index (κ1) is 13.0. The number of para-hydroxylation sites is 1. The molecule has 106 valence electrons. The van der Waals surface area contributed by atoms with Crippen molar-refractivity contribution in [2.24, 2.45) is 0 Å². The lowest BCUT2D eigenvalue weighted by Gasteiger charge is -2.01. The topological polar surface area (TPSA) is 73.0 Å². The molecule has 0 saturated carbocycles. The molecule has 3 aromatic rings. The summed E-state index contributed by atoms with van der Waals surface area (Å²) in [7, 11) is 0. The largest absolute Gasteiger partial charge is 0.361 e. The molecule has 2 heterocycles. The van der Waals surface area contributed by atoms with E-state index in [1.165, 1.54) is 29.2 Å². The number of rotatable bonds is 3. The van der Waals surface area contributed by atoms with Crippen LogP contribution in [-0.2, 0) is 0 Å². The van der Waals surface area contributed by atoms with Crippen LogP contribution in [0.15, 0.2) is 47.2 Å². The van der Waals surface area contributed by atoms with Gasteiger partial charge in [0.25, 0.3) is 5.91 Å². The summed E-state index contributed by atoms with van der Waals surface area (Å²) in [6, 6.07) is 7.76. The molecule has 1 N–H and O–H groups in total. The monoisotopic (exact) mass is 286 g/mol. The Labute approximate surface area is 119 Å². The van der Waals surface area contributed by atoms with Gasteiger partial charge >= 0.3 is 0 Å². The van der Waals surface area contributed by atoms with Crippen LogP contribution in [0.5, 0.6) is 0 Å². The van der Waals surface area contributed by atoms with Gasteiger partial charge in [-0.05, 0) is 19.1 Å². The Hall–Kier alpha value is -2.96. The normalized spacial score (nSPS) is 10.6. The molecule has 0 bridgehead atoms. The smallest absolute Gasteiger partial charge is 0.277 e. The average molecular weight is 286 g/mol. The molecule has 1 aromatic carbocycles. The van der Waals surface area contributed by atoms with Crippen molar-refractivity contribution in [3.63, 3.8) is 0 Å². The summed E-state index contributed by atoms with van der Waals surface area (Å²) < 4.78 is 19.8. The fourth-order valence-electron chi connectivity index (χ4n) is 1.83. The van der Waals surface area contributed by atoms with Crippen LogP contribution in [0.25, 0.3) is 5.69 Å². The third-order valence-electron chi connectivity index (χ3n) is 2.80. The van der Waals surface area contributed by atoms with Gasteiger partial charge in [0.2, 0.25) is 0 Å². The van der Waals surface area contributed by atoms with Gasteiger partial charge in [0.1, 0.15) is 17.3 Å². The number of anilines is 1. The third-order valence-corrected chi connectivity index (χ3v) is 2.80. The highest BCUT2D eigenvalue weighted by Crippen LogP contribution is 2.15. The van der Waals surface area contributed by atoms with E-state index in [1.807, 2.05) is 0 Å². The lowest BCUT2D eigenvalue weighted by Crippen LogP contribution is -2.11. The summed E-state index contributed by atoms with van der Waals surface area (Å²) in [5, 5.41) is 10.2. The first-order valence-electron chi connectivity index (χ1n) is 6.18. The summed E-state index contributed by atoms with van der Waals surface area (Å²) >= 11 is 0. The molecule has 3 rings (SSSR count). The van der Waals surface area contributed by atoms with E-state index in [0.717, 1.165) is 0 Å². The summed E-state index contributed by atoms with van der Waals surface area (Å²) in [5.41, 5.74) is 0.908. The van der Waals surface area contributed by atoms with Crippen LogP contribution in [0.4, 0.5) is 10.1 Å². The molecule has 21 heavy (non-hydrogen) atoms. The number of aromatic nitrogens is 3. The fourth-order valence-corrected chi connectivity index (χ4v) is 1.83. The number of benzene rings is 1. The van der Waals surface area contributed by atoms with Crippen LogP contribution in [0.1, 0.15) is 16.2 Å². The van der Waals surface area contributed by atoms with Gasteiger partial charge in [0.15, 0.2) is 5.69 Å². The van der Waals surface area contributed by atoms with Crippen molar-refractivity contribution in [2.45, 2.75) is 6.92 Å². The molecule has 0 aliphatic rings. The molecule has 7 heteroatoms. The van der Waals surface area contributed by atoms with E-state index < -0.39 is 11.7 Å². The van der Waals surface area contributed by atoms with E-state index in [-0.39, 0.29) is 5.69 Å². The van der Waals surface area contributed by atoms with Crippen LogP contribution in [0.2, 0.25) is 0 Å². The van der Waals surface area contributed by atoms with Gasteiger partial charge in [-0.25, -0.2) is 9.07 Å². The second-order valence-electron chi connectivity index (χ2n) is 4.40. The number of nitrogens with zero attached hydrogens (tertiary/aromatic N) is 3. The minimum absolute atomic E-state index is 0.172. The maximum Gasteiger partial charge on any atom is 0.277 e. The Bertz CT molecular complexity index is 794. The van der Waals surface area contributed by atoms with Crippen LogP contribution in [0.3, 0.4) is 0 Å². The number of hydrogen-bond donors (Lipinski definition) is 1. The molecular weight excluding hydrogens is 275 g/mol. The molecule has 1 amide bonds. The summed E-state index contributed by atoms with van der Waals surface area (Å²) in [4.78, 5) is 11.9. The second kappa shape index (κ2) is 5.20. The first-order chi connectivity index (χ1) is 10.1. The highest BCUT2D eigenvalue weighted by molar-refractivity contribution is 6.02. The minimum Gasteiger partial charge on any atom is -0.361 e. The predicted octanol–water partition coefficient (Wildman–Crippen LogP) is 2.56. The van der Waals surface area contributed by atoms with Gasteiger partial charge in [-0.1, -0.05) is 17.3 Å². The highest BCUT2D eigenvalue weighted by Gasteiger charge is 2.13. The summed E-state index contributed by atoms with van der Waals surface area (Å²) in [6.45, 7) is 1.69. The number of carbonyl (C=O) groups excluding carboxylic acids is 1. The molecule has 0 fully saturated rings. The van der Waals surface area contributed by atoms with Crippen molar-refractivity contribution in [1.29, 1.82) is 0 Å². The van der Waals surface area contributed by atoms with Crippen molar-refractivity contribution >= 4 is 11.6 Å². The van der Waals surface area contributed by atoms with Gasteiger partial charge in [-0.15, -0.1) is 0 Å². The quantitative estimate of drug-likeness (QED) is 0.803. The van der Waals surface area contributed by atoms with E-state index in [0.29, 0.717) is 17.1 Å². The maximum absolute atomic E-state index is 13.6. The number of aryl methyl sites for hydroxylation is 1. The zero-order valence-corrected chi connectivity index (χ0v) is 11.1. The number of nitrogens with one attached hydrogen (secondary N) is 1. The van der Waals surface area contributed by atoms with Crippen molar-refractivity contribution in [1.82, 2.24) is 14.9 Å². The van der Waals surface area contributed by atoms with E-state index in [9.17, 15) is 9.18 Å². The van der Waals surface area contributed by atoms with Crippen LogP contribution >= 0.6 is 0 Å². The van der Waals surface area contributed by atoms with E-state index >= 15 is 0 Å². The lowest BCUT2D eigenvalue weighted by atomic mass is 10.3. The van der Waals surface area contributed by atoms with Gasteiger partial charge in [0.05, 0.1) is 18.1 Å². The summed E-state index contributed by atoms with van der Waals surface area (Å²) in [5.74, 6) is -0.271. The van der Waals surface area contributed by atoms with Crippen LogP contribution in [0, 0.1) is 12.7 Å². The van der Waals surface area contributed by atoms with Crippen molar-refractivity contribution in [2.75, 3.05) is 5.32 Å². The fraction of sp³-hybridized carbons (Fsp3) is 0.0714. The van der Waals surface area contributed by atoms with Crippen molar-refractivity contribution < 1.29 is 13.7 Å². The van der Waals surface area contributed by atoms with Gasteiger partial charge in [0, 0.05) is 6.07 Å². The zero-order valence-electron chi connectivity index (χ0n) is 11.1. The van der Waals surface area contributed by atoms with Gasteiger partial charge in [-0.3, -0.25) is 4.79 Å². The molecule has 6 nitrogen and oxygen atoms in total. The number of amides is 1. The zero-order chi connectivity index (χ0) is 14.8. The van der Waals surface area contributed by atoms with E-state index in [2.05, 4.69) is 15.6 Å². The lowest BCUT2D eigenvalue weighted by molar-refractivity contribution is 0.101. The summed E-state index contributed by atoms with van der Waals surface area (Å²) in [6.07, 6.45) is 2.94. The first-order valence-corrected chi connectivity index (χ1v) is 6.18. The van der Waals surface area contributed by atoms with E-state index in [4.69, 9.17) is 4.52 Å². The molecule has 0 spiro atoms. The number of halogens is 1. The Kier molecular flexibility index (Phi) is 3.23. The second-order valence-corrected chi connectivity index (χ2v) is 4.40. The third kappa shape index (κ3) is 2.66. The molecule has 0 aliphatic heterocycles. The average Bonchev–Trinajstić information content (AvgIpc) is 3.08. The van der Waals surface area contributed by atoms with Crippen LogP contribution < -0.4 is 5.32 Å². The minimum atomic E-state index is -0.417. The van der Waals surface area contributed by atoms with Gasteiger partial charge < -0.3 is 9.84 Å². The molecule has 2 aromatic heterocycles. The number of carbonyl (C=O) groups is 1. The van der Waals surface area contributed by atoms with Gasteiger partial charge in [-0.2, -0.15) is 5.10 Å². The molecule has 0 aliphatic carbocycles. The van der Waals surface area contributed by atoms with E-state index in [1.54, 1.807) is 25.1 Å². The number of hydrogen-bond acceptors (Lipinski definition) is 4. The van der Waals surface area contributed by atoms with Crippen molar-refractivity contribution in [3.8, 4) is 5.69 Å². The Morgan fingerprint density at radius 1 is 1.38 bits per heavy atom. The molecule has 0 saturated heterocycles. The Balaban J connectivity index is 1.80. The maximum atomic E-state index is 13.6. The van der Waals surface area contributed by atoms with Crippen molar-refractivity contribution in [3.05, 3.63) is 60.0 Å². The Morgan fingerprint density at radius 2 is 2.19 bits per heavy atom. The SMILES string of the molecule is Cc1cc(C(=O)Nc2cnn(-c3ccccc3F)c2)no1. The molecule has 0 unspecified atom stereocenters. The Morgan fingerprint density at radius 3 is 2.90 bits per heavy atom.